The third-order valence-corrected chi connectivity index (χ3v) is 7.18. The van der Waals surface area contributed by atoms with Crippen molar-refractivity contribution < 1.29 is 26.7 Å². The van der Waals surface area contributed by atoms with Crippen molar-refractivity contribution in [3.8, 4) is 0 Å². The maximum absolute atomic E-state index is 14.0. The molecule has 5 unspecified atom stereocenters. The van der Waals surface area contributed by atoms with Gasteiger partial charge in [-0.3, -0.25) is 4.79 Å². The molecule has 4 aliphatic carbocycles. The van der Waals surface area contributed by atoms with Crippen LogP contribution in [0.15, 0.2) is 22.8 Å². The monoisotopic (exact) mass is 374 g/mol. The molecule has 0 amide bonds. The number of rotatable bonds is 1. The van der Waals surface area contributed by atoms with Gasteiger partial charge in [-0.05, 0) is 79.4 Å². The van der Waals surface area contributed by atoms with Gasteiger partial charge in [0.1, 0.15) is 0 Å². The molecule has 144 valence electrons. The molecule has 26 heavy (non-hydrogen) atoms. The predicted molar refractivity (Wildman–Crippen MR) is 86.6 cm³/mol. The number of halogens is 5. The van der Waals surface area contributed by atoms with Crippen molar-refractivity contribution in [1.82, 2.24) is 0 Å². The summed E-state index contributed by atoms with van der Waals surface area (Å²) >= 11 is 0. The van der Waals surface area contributed by atoms with Crippen molar-refractivity contribution in [2.75, 3.05) is 0 Å². The first-order valence-electron chi connectivity index (χ1n) is 9.52. The first-order valence-corrected chi connectivity index (χ1v) is 9.52. The lowest BCUT2D eigenvalue weighted by Gasteiger charge is -2.45. The molecule has 0 aromatic heterocycles. The summed E-state index contributed by atoms with van der Waals surface area (Å²) in [6.07, 6.45) is -0.346. The highest BCUT2D eigenvalue weighted by atomic mass is 19.4. The lowest BCUT2D eigenvalue weighted by atomic mass is 9.60. The van der Waals surface area contributed by atoms with Crippen molar-refractivity contribution in [2.45, 2.75) is 64.0 Å². The minimum absolute atomic E-state index is 0.0440. The average molecular weight is 374 g/mol. The Morgan fingerprint density at radius 2 is 1.69 bits per heavy atom. The summed E-state index contributed by atoms with van der Waals surface area (Å²) < 4.78 is 66.7. The van der Waals surface area contributed by atoms with Crippen LogP contribution in [0.1, 0.15) is 51.9 Å². The summed E-state index contributed by atoms with van der Waals surface area (Å²) in [6.45, 7) is 2.02. The fraction of sp³-hybridized carbons (Fsp3) is 0.750. The van der Waals surface area contributed by atoms with Crippen LogP contribution in [0.4, 0.5) is 22.0 Å². The Bertz CT molecular complexity index is 687. The molecule has 0 aromatic rings. The molecule has 4 rings (SSSR count). The third-order valence-electron chi connectivity index (χ3n) is 7.18. The van der Waals surface area contributed by atoms with Gasteiger partial charge in [0.2, 0.25) is 0 Å². The van der Waals surface area contributed by atoms with Crippen LogP contribution >= 0.6 is 0 Å². The molecule has 0 bridgehead atoms. The van der Waals surface area contributed by atoms with Crippen LogP contribution in [0.3, 0.4) is 0 Å². The summed E-state index contributed by atoms with van der Waals surface area (Å²) in [6, 6.07) is 0. The van der Waals surface area contributed by atoms with Gasteiger partial charge in [0.25, 0.3) is 0 Å². The molecule has 0 N–H and O–H groups in total. The molecule has 0 spiro atoms. The van der Waals surface area contributed by atoms with E-state index < -0.39 is 23.9 Å². The molecule has 2 fully saturated rings. The summed E-state index contributed by atoms with van der Waals surface area (Å²) in [4.78, 5) is 11.8. The van der Waals surface area contributed by atoms with Crippen molar-refractivity contribution in [2.24, 2.45) is 29.6 Å². The molecule has 0 aromatic carbocycles. The highest BCUT2D eigenvalue weighted by molar-refractivity contribution is 5.93. The van der Waals surface area contributed by atoms with Gasteiger partial charge in [-0.1, -0.05) is 12.5 Å². The minimum Gasteiger partial charge on any atom is -0.295 e. The van der Waals surface area contributed by atoms with Gasteiger partial charge >= 0.3 is 12.1 Å². The Morgan fingerprint density at radius 1 is 0.962 bits per heavy atom. The van der Waals surface area contributed by atoms with E-state index in [1.807, 2.05) is 6.92 Å². The van der Waals surface area contributed by atoms with Crippen LogP contribution in [0.5, 0.6) is 0 Å². The molecule has 0 heterocycles. The maximum Gasteiger partial charge on any atom is 0.453 e. The fourth-order valence-corrected chi connectivity index (χ4v) is 6.25. The fourth-order valence-electron chi connectivity index (χ4n) is 6.25. The van der Waals surface area contributed by atoms with E-state index in [0.717, 1.165) is 18.4 Å². The largest absolute Gasteiger partial charge is 0.453 e. The van der Waals surface area contributed by atoms with Crippen LogP contribution in [0.2, 0.25) is 0 Å². The number of carbonyl (C=O) groups excluding carboxylic acids is 1. The average Bonchev–Trinajstić information content (AvgIpc) is 2.97. The summed E-state index contributed by atoms with van der Waals surface area (Å²) in [5, 5.41) is 0. The molecule has 6 heteroatoms. The molecule has 0 radical (unpaired) electrons. The Balaban J connectivity index is 1.65. The molecule has 0 aliphatic heterocycles. The van der Waals surface area contributed by atoms with E-state index in [1.54, 1.807) is 6.08 Å². The van der Waals surface area contributed by atoms with Crippen LogP contribution in [0, 0.1) is 29.6 Å². The van der Waals surface area contributed by atoms with Gasteiger partial charge in [0, 0.05) is 12.3 Å². The maximum atomic E-state index is 14.0. The summed E-state index contributed by atoms with van der Waals surface area (Å²) in [5.74, 6) is -6.42. The molecule has 2 saturated carbocycles. The van der Waals surface area contributed by atoms with E-state index in [4.69, 9.17) is 0 Å². The van der Waals surface area contributed by atoms with Crippen molar-refractivity contribution in [3.63, 3.8) is 0 Å². The standard InChI is InChI=1S/C20H23F5O/c1-10-8-12(26)9-11-2-3-14-13-6-7-17(19(21,22)20(23,24)25)15(13)4-5-16(14)18(10)11/h9-10,13-15,17H,2-8H2,1H3. The van der Waals surface area contributed by atoms with Crippen LogP contribution < -0.4 is 0 Å². The van der Waals surface area contributed by atoms with Crippen LogP contribution in [-0.4, -0.2) is 17.9 Å². The number of fused-ring (bicyclic) bond motifs is 4. The minimum atomic E-state index is -5.47. The van der Waals surface area contributed by atoms with E-state index in [2.05, 4.69) is 0 Å². The molecule has 0 saturated heterocycles. The predicted octanol–water partition coefficient (Wildman–Crippen LogP) is 5.86. The van der Waals surface area contributed by atoms with Crippen molar-refractivity contribution >= 4 is 5.78 Å². The summed E-state index contributed by atoms with van der Waals surface area (Å²) in [5.41, 5.74) is 3.54. The Labute approximate surface area is 149 Å². The number of ketones is 1. The highest BCUT2D eigenvalue weighted by Gasteiger charge is 2.66. The molecule has 5 atom stereocenters. The van der Waals surface area contributed by atoms with Crippen molar-refractivity contribution in [1.29, 1.82) is 0 Å². The zero-order valence-electron chi connectivity index (χ0n) is 14.7. The van der Waals surface area contributed by atoms with Gasteiger partial charge < -0.3 is 0 Å². The number of carbonyl (C=O) groups is 1. The highest BCUT2D eigenvalue weighted by Crippen LogP contribution is 2.60. The topological polar surface area (TPSA) is 17.1 Å². The van der Waals surface area contributed by atoms with Gasteiger partial charge in [0.15, 0.2) is 5.78 Å². The van der Waals surface area contributed by atoms with E-state index in [0.29, 0.717) is 25.7 Å². The van der Waals surface area contributed by atoms with E-state index >= 15 is 0 Å². The lowest BCUT2D eigenvalue weighted by molar-refractivity contribution is -0.307. The lowest BCUT2D eigenvalue weighted by Crippen LogP contribution is -2.47. The van der Waals surface area contributed by atoms with E-state index in [-0.39, 0.29) is 30.0 Å². The molecular formula is C20H23F5O. The number of allylic oxidation sites excluding steroid dienone is 4. The second-order valence-corrected chi connectivity index (χ2v) is 8.50. The smallest absolute Gasteiger partial charge is 0.295 e. The number of hydrogen-bond donors (Lipinski definition) is 0. The van der Waals surface area contributed by atoms with E-state index in [1.165, 1.54) is 11.1 Å². The molecule has 1 nitrogen and oxygen atoms in total. The van der Waals surface area contributed by atoms with Crippen LogP contribution in [0.25, 0.3) is 0 Å². The van der Waals surface area contributed by atoms with E-state index in [9.17, 15) is 26.7 Å². The Hall–Kier alpha value is -1.20. The second kappa shape index (κ2) is 5.90. The SMILES string of the molecule is CC1CC(=O)C=C2CCC3C(=C21)CCC1C3CCC1C(F)(F)C(F)(F)F. The quantitative estimate of drug-likeness (QED) is 0.525. The van der Waals surface area contributed by atoms with Gasteiger partial charge in [-0.25, -0.2) is 0 Å². The normalized spacial score (nSPS) is 37.8. The first-order chi connectivity index (χ1) is 12.1. The van der Waals surface area contributed by atoms with Gasteiger partial charge in [-0.15, -0.1) is 0 Å². The molecule has 4 aliphatic rings. The van der Waals surface area contributed by atoms with Crippen LogP contribution in [-0.2, 0) is 4.79 Å². The number of hydrogen-bond acceptors (Lipinski definition) is 1. The number of alkyl halides is 5. The second-order valence-electron chi connectivity index (χ2n) is 8.50. The first kappa shape index (κ1) is 18.2. The zero-order chi connectivity index (χ0) is 18.9. The van der Waals surface area contributed by atoms with Gasteiger partial charge in [-0.2, -0.15) is 22.0 Å². The third kappa shape index (κ3) is 2.58. The Morgan fingerprint density at radius 3 is 2.38 bits per heavy atom. The van der Waals surface area contributed by atoms with Crippen molar-refractivity contribution in [3.05, 3.63) is 22.8 Å². The summed E-state index contributed by atoms with van der Waals surface area (Å²) in [7, 11) is 0. The Kier molecular flexibility index (Phi) is 4.12. The molecular weight excluding hydrogens is 351 g/mol. The zero-order valence-corrected chi connectivity index (χ0v) is 14.7. The van der Waals surface area contributed by atoms with Gasteiger partial charge in [0.05, 0.1) is 0 Å².